The van der Waals surface area contributed by atoms with Crippen LogP contribution in [0.25, 0.3) is 0 Å². The van der Waals surface area contributed by atoms with Gasteiger partial charge in [-0.2, -0.15) is 0 Å². The number of thiophene rings is 1. The molecule has 2 aromatic heterocycles. The second kappa shape index (κ2) is 5.27. The van der Waals surface area contributed by atoms with Crippen LogP contribution >= 0.6 is 38.9 Å². The Balaban J connectivity index is 2.13. The van der Waals surface area contributed by atoms with E-state index in [4.69, 9.17) is 17.3 Å². The summed E-state index contributed by atoms with van der Waals surface area (Å²) in [6.45, 7) is 0. The molecular weight excluding hydrogens is 308 g/mol. The highest BCUT2D eigenvalue weighted by molar-refractivity contribution is 9.10. The monoisotopic (exact) mass is 316 g/mol. The van der Waals surface area contributed by atoms with Crippen LogP contribution in [0, 0.1) is 0 Å². The third-order valence-corrected chi connectivity index (χ3v) is 4.42. The van der Waals surface area contributed by atoms with Gasteiger partial charge in [-0.15, -0.1) is 11.3 Å². The summed E-state index contributed by atoms with van der Waals surface area (Å²) in [7, 11) is 0. The number of halogens is 2. The van der Waals surface area contributed by atoms with Gasteiger partial charge in [0, 0.05) is 33.2 Å². The molecule has 0 radical (unpaired) electrons. The normalized spacial score (nSPS) is 12.7. The predicted molar refractivity (Wildman–Crippen MR) is 71.9 cm³/mol. The van der Waals surface area contributed by atoms with Crippen molar-refractivity contribution in [3.05, 3.63) is 49.8 Å². The van der Waals surface area contributed by atoms with Gasteiger partial charge in [0.15, 0.2) is 0 Å². The lowest BCUT2D eigenvalue weighted by molar-refractivity contribution is 0.735. The van der Waals surface area contributed by atoms with E-state index in [1.807, 2.05) is 17.5 Å². The molecule has 1 unspecified atom stereocenters. The molecule has 1 atom stereocenters. The zero-order valence-corrected chi connectivity index (χ0v) is 11.5. The van der Waals surface area contributed by atoms with Gasteiger partial charge in [-0.3, -0.25) is 4.98 Å². The Morgan fingerprint density at radius 2 is 2.38 bits per heavy atom. The lowest BCUT2D eigenvalue weighted by Gasteiger charge is -2.10. The highest BCUT2D eigenvalue weighted by Gasteiger charge is 2.11. The van der Waals surface area contributed by atoms with Crippen molar-refractivity contribution < 1.29 is 0 Å². The molecule has 0 saturated heterocycles. The largest absolute Gasteiger partial charge is 0.323 e. The number of aromatic nitrogens is 1. The summed E-state index contributed by atoms with van der Waals surface area (Å²) in [4.78, 5) is 5.10. The van der Waals surface area contributed by atoms with Crippen LogP contribution in [0.1, 0.15) is 16.5 Å². The fourth-order valence-electron chi connectivity index (χ4n) is 1.43. The summed E-state index contributed by atoms with van der Waals surface area (Å²) in [6, 6.07) is 3.94. The molecule has 84 valence electrons. The first-order valence-electron chi connectivity index (χ1n) is 4.74. The molecular formula is C11H10BrClN2S. The Bertz CT molecular complexity index is 486. The van der Waals surface area contributed by atoms with Gasteiger partial charge in [0.2, 0.25) is 0 Å². The van der Waals surface area contributed by atoms with E-state index >= 15 is 0 Å². The van der Waals surface area contributed by atoms with Crippen LogP contribution in [0.4, 0.5) is 0 Å². The average Bonchev–Trinajstić information content (AvgIpc) is 2.68. The van der Waals surface area contributed by atoms with Gasteiger partial charge in [-0.25, -0.2) is 0 Å². The minimum atomic E-state index is -0.0174. The molecule has 0 spiro atoms. The highest BCUT2D eigenvalue weighted by Crippen LogP contribution is 2.27. The third kappa shape index (κ3) is 2.83. The minimum absolute atomic E-state index is 0.0174. The molecule has 0 aliphatic carbocycles. The van der Waals surface area contributed by atoms with Gasteiger partial charge >= 0.3 is 0 Å². The predicted octanol–water partition coefficient (Wildman–Crippen LogP) is 3.80. The molecule has 2 nitrogen and oxygen atoms in total. The summed E-state index contributed by atoms with van der Waals surface area (Å²) in [6.07, 6.45) is 4.11. The standard InChI is InChI=1S/C11H10BrClN2S/c12-8-4-11(16-6-8)10(14)3-7-1-2-15-5-9(7)13/h1-2,4-6,10H,3,14H2. The van der Waals surface area contributed by atoms with Crippen molar-refractivity contribution in [3.63, 3.8) is 0 Å². The Labute approximate surface area is 112 Å². The van der Waals surface area contributed by atoms with E-state index in [0.29, 0.717) is 5.02 Å². The second-order valence-corrected chi connectivity index (χ2v) is 5.71. The van der Waals surface area contributed by atoms with Crippen LogP contribution in [0.15, 0.2) is 34.4 Å². The van der Waals surface area contributed by atoms with Crippen molar-refractivity contribution in [1.82, 2.24) is 4.98 Å². The summed E-state index contributed by atoms with van der Waals surface area (Å²) in [5.41, 5.74) is 7.16. The molecule has 0 bridgehead atoms. The molecule has 0 amide bonds. The third-order valence-electron chi connectivity index (χ3n) is 2.25. The number of nitrogens with two attached hydrogens (primary N) is 1. The van der Waals surface area contributed by atoms with E-state index < -0.39 is 0 Å². The molecule has 5 heteroatoms. The fraction of sp³-hybridized carbons (Fsp3) is 0.182. The Morgan fingerprint density at radius 1 is 1.56 bits per heavy atom. The number of hydrogen-bond donors (Lipinski definition) is 1. The molecule has 0 fully saturated rings. The van der Waals surface area contributed by atoms with Crippen molar-refractivity contribution in [3.8, 4) is 0 Å². The van der Waals surface area contributed by atoms with Crippen molar-refractivity contribution >= 4 is 38.9 Å². The van der Waals surface area contributed by atoms with Gasteiger partial charge < -0.3 is 5.73 Å². The zero-order chi connectivity index (χ0) is 11.5. The topological polar surface area (TPSA) is 38.9 Å². The highest BCUT2D eigenvalue weighted by atomic mass is 79.9. The van der Waals surface area contributed by atoms with Crippen molar-refractivity contribution in [1.29, 1.82) is 0 Å². The number of hydrogen-bond acceptors (Lipinski definition) is 3. The van der Waals surface area contributed by atoms with Gasteiger partial charge in [-0.05, 0) is 40.0 Å². The molecule has 2 aromatic rings. The van der Waals surface area contributed by atoms with Crippen LogP contribution in [0.2, 0.25) is 5.02 Å². The Hall–Kier alpha value is -0.420. The fourth-order valence-corrected chi connectivity index (χ4v) is 3.07. The summed E-state index contributed by atoms with van der Waals surface area (Å²) < 4.78 is 1.07. The van der Waals surface area contributed by atoms with Gasteiger partial charge in [0.1, 0.15) is 0 Å². The van der Waals surface area contributed by atoms with E-state index in [-0.39, 0.29) is 6.04 Å². The van der Waals surface area contributed by atoms with E-state index in [2.05, 4.69) is 20.9 Å². The Kier molecular flexibility index (Phi) is 3.97. The summed E-state index contributed by atoms with van der Waals surface area (Å²) in [5, 5.41) is 2.71. The van der Waals surface area contributed by atoms with E-state index in [9.17, 15) is 0 Å². The van der Waals surface area contributed by atoms with E-state index in [0.717, 1.165) is 21.3 Å². The molecule has 0 aliphatic heterocycles. The van der Waals surface area contributed by atoms with Crippen LogP contribution in [0.5, 0.6) is 0 Å². The first kappa shape index (κ1) is 12.0. The molecule has 2 heterocycles. The van der Waals surface area contributed by atoms with Crippen LogP contribution < -0.4 is 5.73 Å². The molecule has 16 heavy (non-hydrogen) atoms. The SMILES string of the molecule is NC(Cc1ccncc1Cl)c1cc(Br)cs1. The molecule has 2 N–H and O–H groups in total. The molecule has 0 aliphatic rings. The molecule has 0 aromatic carbocycles. The molecule has 0 saturated carbocycles. The van der Waals surface area contributed by atoms with Crippen molar-refractivity contribution in [2.24, 2.45) is 5.73 Å². The first-order chi connectivity index (χ1) is 7.66. The van der Waals surface area contributed by atoms with Crippen molar-refractivity contribution in [2.45, 2.75) is 12.5 Å². The van der Waals surface area contributed by atoms with Crippen molar-refractivity contribution in [2.75, 3.05) is 0 Å². The maximum atomic E-state index is 6.12. The van der Waals surface area contributed by atoms with Gasteiger partial charge in [0.05, 0.1) is 5.02 Å². The quantitative estimate of drug-likeness (QED) is 0.935. The molecule has 2 rings (SSSR count). The lowest BCUT2D eigenvalue weighted by atomic mass is 10.1. The number of rotatable bonds is 3. The summed E-state index contributed by atoms with van der Waals surface area (Å²) in [5.74, 6) is 0. The van der Waals surface area contributed by atoms with Crippen LogP contribution in [-0.2, 0) is 6.42 Å². The second-order valence-electron chi connectivity index (χ2n) is 3.44. The van der Waals surface area contributed by atoms with E-state index in [1.54, 1.807) is 23.7 Å². The maximum absolute atomic E-state index is 6.12. The maximum Gasteiger partial charge on any atom is 0.0622 e. The lowest BCUT2D eigenvalue weighted by Crippen LogP contribution is -2.12. The van der Waals surface area contributed by atoms with Gasteiger partial charge in [-0.1, -0.05) is 11.6 Å². The smallest absolute Gasteiger partial charge is 0.0622 e. The van der Waals surface area contributed by atoms with Crippen LogP contribution in [0.3, 0.4) is 0 Å². The minimum Gasteiger partial charge on any atom is -0.323 e. The summed E-state index contributed by atoms with van der Waals surface area (Å²) >= 11 is 11.1. The number of pyridine rings is 1. The number of nitrogens with zero attached hydrogens (tertiary/aromatic N) is 1. The zero-order valence-electron chi connectivity index (χ0n) is 8.36. The van der Waals surface area contributed by atoms with Gasteiger partial charge in [0.25, 0.3) is 0 Å². The van der Waals surface area contributed by atoms with Crippen LogP contribution in [-0.4, -0.2) is 4.98 Å². The van der Waals surface area contributed by atoms with E-state index in [1.165, 1.54) is 0 Å². The first-order valence-corrected chi connectivity index (χ1v) is 6.80. The average molecular weight is 318 g/mol. The Morgan fingerprint density at radius 3 is 3.00 bits per heavy atom.